The molecule has 1 N–H and O–H groups in total. The first-order chi connectivity index (χ1) is 8.54. The van der Waals surface area contributed by atoms with Crippen molar-refractivity contribution in [3.63, 3.8) is 0 Å². The second-order valence-corrected chi connectivity index (χ2v) is 4.40. The van der Waals surface area contributed by atoms with Crippen molar-refractivity contribution in [3.05, 3.63) is 41.2 Å². The zero-order valence-corrected chi connectivity index (χ0v) is 10.7. The molecular weight excluding hydrogens is 233 g/mol. The maximum Gasteiger partial charge on any atom is 0.134 e. The first kappa shape index (κ1) is 12.5. The second kappa shape index (κ2) is 5.16. The summed E-state index contributed by atoms with van der Waals surface area (Å²) in [6.45, 7) is 5.48. The van der Waals surface area contributed by atoms with Crippen molar-refractivity contribution in [3.8, 4) is 5.75 Å². The van der Waals surface area contributed by atoms with Gasteiger partial charge in [0.1, 0.15) is 29.3 Å². The number of hydrogen-bond acceptors (Lipinski definition) is 3. The van der Waals surface area contributed by atoms with E-state index in [1.807, 2.05) is 13.8 Å². The molecule has 1 aromatic carbocycles. The lowest BCUT2D eigenvalue weighted by molar-refractivity contribution is 0.218. The summed E-state index contributed by atoms with van der Waals surface area (Å²) >= 11 is 0. The lowest BCUT2D eigenvalue weighted by atomic mass is 10.2. The van der Waals surface area contributed by atoms with Gasteiger partial charge in [-0.15, -0.1) is 10.2 Å². The van der Waals surface area contributed by atoms with Gasteiger partial charge in [0.15, 0.2) is 0 Å². The van der Waals surface area contributed by atoms with E-state index in [1.54, 1.807) is 19.1 Å². The van der Waals surface area contributed by atoms with Crippen LogP contribution in [0.5, 0.6) is 5.75 Å². The molecule has 0 fully saturated rings. The van der Waals surface area contributed by atoms with Crippen molar-refractivity contribution >= 4 is 0 Å². The number of benzene rings is 1. The van der Waals surface area contributed by atoms with E-state index in [-0.39, 0.29) is 11.9 Å². The second-order valence-electron chi connectivity index (χ2n) is 4.40. The molecule has 0 saturated carbocycles. The molecule has 96 valence electrons. The quantitative estimate of drug-likeness (QED) is 0.906. The van der Waals surface area contributed by atoms with Gasteiger partial charge in [-0.25, -0.2) is 4.39 Å². The van der Waals surface area contributed by atoms with Gasteiger partial charge in [0.25, 0.3) is 0 Å². The molecule has 4 nitrogen and oxygen atoms in total. The van der Waals surface area contributed by atoms with Gasteiger partial charge < -0.3 is 9.72 Å². The first-order valence-electron chi connectivity index (χ1n) is 5.85. The smallest absolute Gasteiger partial charge is 0.134 e. The fourth-order valence-corrected chi connectivity index (χ4v) is 1.68. The number of nitrogens with one attached hydrogen (secondary N) is 1. The average molecular weight is 249 g/mol. The third-order valence-corrected chi connectivity index (χ3v) is 2.61. The van der Waals surface area contributed by atoms with Gasteiger partial charge in [-0.1, -0.05) is 6.07 Å². The van der Waals surface area contributed by atoms with Crippen LogP contribution in [0.4, 0.5) is 4.39 Å². The molecule has 0 radical (unpaired) electrons. The Kier molecular flexibility index (Phi) is 3.60. The van der Waals surface area contributed by atoms with E-state index >= 15 is 0 Å². The molecule has 18 heavy (non-hydrogen) atoms. The minimum atomic E-state index is -0.254. The van der Waals surface area contributed by atoms with Crippen molar-refractivity contribution in [2.24, 2.45) is 0 Å². The van der Waals surface area contributed by atoms with Crippen LogP contribution in [0, 0.1) is 19.7 Å². The van der Waals surface area contributed by atoms with Crippen LogP contribution in [-0.2, 0) is 6.42 Å². The van der Waals surface area contributed by atoms with Crippen LogP contribution < -0.4 is 4.74 Å². The third-order valence-electron chi connectivity index (χ3n) is 2.61. The summed E-state index contributed by atoms with van der Waals surface area (Å²) < 4.78 is 19.0. The monoisotopic (exact) mass is 249 g/mol. The van der Waals surface area contributed by atoms with E-state index < -0.39 is 0 Å². The van der Waals surface area contributed by atoms with E-state index in [1.165, 1.54) is 6.07 Å². The summed E-state index contributed by atoms with van der Waals surface area (Å²) in [5, 5.41) is 7.85. The fraction of sp³-hybridized carbons (Fsp3) is 0.385. The Bertz CT molecular complexity index is 539. The number of halogens is 1. The average Bonchev–Trinajstić information content (AvgIpc) is 2.69. The van der Waals surface area contributed by atoms with Crippen LogP contribution in [0.25, 0.3) is 0 Å². The zero-order valence-electron chi connectivity index (χ0n) is 10.7. The van der Waals surface area contributed by atoms with Crippen molar-refractivity contribution in [2.45, 2.75) is 33.3 Å². The number of ether oxygens (including phenoxy) is 1. The normalized spacial score (nSPS) is 12.4. The van der Waals surface area contributed by atoms with Crippen LogP contribution in [0.3, 0.4) is 0 Å². The number of hydrogen-bond donors (Lipinski definition) is 1. The van der Waals surface area contributed by atoms with E-state index in [4.69, 9.17) is 4.74 Å². The molecule has 1 heterocycles. The molecule has 0 aliphatic rings. The fourth-order valence-electron chi connectivity index (χ4n) is 1.68. The SMILES string of the molecule is Cc1nnc(C[C@@H](C)Oc2ccc(C)c(F)c2)[nH]1. The predicted molar refractivity (Wildman–Crippen MR) is 66.1 cm³/mol. The van der Waals surface area contributed by atoms with E-state index in [0.29, 0.717) is 17.7 Å². The van der Waals surface area contributed by atoms with Crippen molar-refractivity contribution in [1.29, 1.82) is 0 Å². The topological polar surface area (TPSA) is 50.8 Å². The Morgan fingerprint density at radius 3 is 2.72 bits per heavy atom. The molecule has 0 amide bonds. The molecule has 0 bridgehead atoms. The van der Waals surface area contributed by atoms with Crippen molar-refractivity contribution < 1.29 is 9.13 Å². The van der Waals surface area contributed by atoms with Gasteiger partial charge in [-0.2, -0.15) is 0 Å². The van der Waals surface area contributed by atoms with Crippen LogP contribution >= 0.6 is 0 Å². The molecule has 0 aliphatic heterocycles. The summed E-state index contributed by atoms with van der Waals surface area (Å²) in [6, 6.07) is 4.87. The van der Waals surface area contributed by atoms with E-state index in [9.17, 15) is 4.39 Å². The Morgan fingerprint density at radius 1 is 1.33 bits per heavy atom. The lowest BCUT2D eigenvalue weighted by Gasteiger charge is -2.13. The van der Waals surface area contributed by atoms with Crippen LogP contribution in [0.1, 0.15) is 24.1 Å². The Hall–Kier alpha value is -1.91. The summed E-state index contributed by atoms with van der Waals surface area (Å²) in [7, 11) is 0. The van der Waals surface area contributed by atoms with Gasteiger partial charge in [0.2, 0.25) is 0 Å². The molecular formula is C13H16FN3O. The first-order valence-corrected chi connectivity index (χ1v) is 5.85. The molecule has 2 rings (SSSR count). The highest BCUT2D eigenvalue weighted by atomic mass is 19.1. The molecule has 1 atom stereocenters. The molecule has 2 aromatic rings. The summed E-state index contributed by atoms with van der Waals surface area (Å²) in [4.78, 5) is 3.04. The highest BCUT2D eigenvalue weighted by molar-refractivity contribution is 5.28. The largest absolute Gasteiger partial charge is 0.490 e. The van der Waals surface area contributed by atoms with E-state index in [2.05, 4.69) is 15.2 Å². The van der Waals surface area contributed by atoms with Gasteiger partial charge in [0, 0.05) is 12.5 Å². The number of nitrogens with zero attached hydrogens (tertiary/aromatic N) is 2. The lowest BCUT2D eigenvalue weighted by Crippen LogP contribution is -2.16. The van der Waals surface area contributed by atoms with Crippen LogP contribution in [-0.4, -0.2) is 21.3 Å². The predicted octanol–water partition coefficient (Wildman–Crippen LogP) is 2.57. The van der Waals surface area contributed by atoms with Crippen molar-refractivity contribution in [2.75, 3.05) is 0 Å². The highest BCUT2D eigenvalue weighted by Gasteiger charge is 2.09. The maximum absolute atomic E-state index is 13.4. The third kappa shape index (κ3) is 3.06. The number of aryl methyl sites for hydroxylation is 2. The van der Waals surface area contributed by atoms with Gasteiger partial charge in [-0.05, 0) is 32.4 Å². The number of aromatic amines is 1. The zero-order chi connectivity index (χ0) is 13.1. The Balaban J connectivity index is 1.98. The molecule has 5 heteroatoms. The van der Waals surface area contributed by atoms with Gasteiger partial charge in [-0.3, -0.25) is 0 Å². The molecule has 1 aromatic heterocycles. The standard InChI is InChI=1S/C13H16FN3O/c1-8-4-5-11(7-12(8)14)18-9(2)6-13-15-10(3)16-17-13/h4-5,7,9H,6H2,1-3H3,(H,15,16,17)/t9-/m1/s1. The maximum atomic E-state index is 13.4. The molecule has 0 saturated heterocycles. The number of rotatable bonds is 4. The molecule has 0 unspecified atom stereocenters. The van der Waals surface area contributed by atoms with E-state index in [0.717, 1.165) is 11.6 Å². The summed E-state index contributed by atoms with van der Waals surface area (Å²) in [6.07, 6.45) is 0.510. The highest BCUT2D eigenvalue weighted by Crippen LogP contribution is 2.17. The molecule has 0 aliphatic carbocycles. The van der Waals surface area contributed by atoms with Crippen molar-refractivity contribution in [1.82, 2.24) is 15.2 Å². The van der Waals surface area contributed by atoms with Gasteiger partial charge >= 0.3 is 0 Å². The molecule has 0 spiro atoms. The number of aromatic nitrogens is 3. The minimum absolute atomic E-state index is 0.0977. The van der Waals surface area contributed by atoms with Crippen LogP contribution in [0.2, 0.25) is 0 Å². The Morgan fingerprint density at radius 2 is 2.11 bits per heavy atom. The summed E-state index contributed by atoms with van der Waals surface area (Å²) in [5.74, 6) is 1.82. The van der Waals surface area contributed by atoms with Gasteiger partial charge in [0.05, 0.1) is 0 Å². The Labute approximate surface area is 105 Å². The minimum Gasteiger partial charge on any atom is -0.490 e. The van der Waals surface area contributed by atoms with Crippen LogP contribution in [0.15, 0.2) is 18.2 Å². The number of H-pyrrole nitrogens is 1. The summed E-state index contributed by atoms with van der Waals surface area (Å²) in [5.41, 5.74) is 0.612.